The van der Waals surface area contributed by atoms with Gasteiger partial charge >= 0.3 is 11.9 Å². The molecule has 7 heteroatoms. The molecule has 0 N–H and O–H groups in total. The van der Waals surface area contributed by atoms with E-state index in [1.54, 1.807) is 32.9 Å². The lowest BCUT2D eigenvalue weighted by molar-refractivity contribution is -0.166. The normalized spacial score (nSPS) is 12.5. The molecule has 0 aliphatic rings. The molecule has 0 saturated carbocycles. The van der Waals surface area contributed by atoms with Crippen LogP contribution in [0.25, 0.3) is 0 Å². The number of hydrogen-bond acceptors (Lipinski definition) is 5. The van der Waals surface area contributed by atoms with Crippen molar-refractivity contribution in [1.82, 2.24) is 0 Å². The van der Waals surface area contributed by atoms with Crippen molar-refractivity contribution in [2.45, 2.75) is 26.9 Å². The smallest absolute Gasteiger partial charge is 0.351 e. The molecule has 0 aliphatic heterocycles. The zero-order valence-electron chi connectivity index (χ0n) is 13.1. The van der Waals surface area contributed by atoms with Crippen molar-refractivity contribution in [3.63, 3.8) is 0 Å². The molecule has 0 amide bonds. The minimum Gasteiger partial charge on any atom is -0.480 e. The Bertz CT molecular complexity index is 598. The standard InChI is InChI=1S/C16H18Cl2O5/c1-4-10(3)15(16(20)21-5-2)23-14(19)9-22-13-7-6-11(17)8-12(13)18/h4,6-8,15H,5,9H2,1-3H3/b10-4+. The van der Waals surface area contributed by atoms with E-state index < -0.39 is 24.6 Å². The van der Waals surface area contributed by atoms with Crippen molar-refractivity contribution in [2.75, 3.05) is 13.2 Å². The minimum atomic E-state index is -1.09. The van der Waals surface area contributed by atoms with Crippen LogP contribution in [0.3, 0.4) is 0 Å². The Morgan fingerprint density at radius 1 is 1.30 bits per heavy atom. The highest BCUT2D eigenvalue weighted by Gasteiger charge is 2.26. The molecule has 0 aliphatic carbocycles. The lowest BCUT2D eigenvalue weighted by Gasteiger charge is -2.17. The second-order valence-electron chi connectivity index (χ2n) is 4.52. The van der Waals surface area contributed by atoms with E-state index in [4.69, 9.17) is 37.4 Å². The number of hydrogen-bond donors (Lipinski definition) is 0. The van der Waals surface area contributed by atoms with E-state index in [0.717, 1.165) is 0 Å². The number of carbonyl (C=O) groups excluding carboxylic acids is 2. The van der Waals surface area contributed by atoms with Crippen LogP contribution in [0.1, 0.15) is 20.8 Å². The van der Waals surface area contributed by atoms with Gasteiger partial charge in [-0.2, -0.15) is 0 Å². The summed E-state index contributed by atoms with van der Waals surface area (Å²) in [5.74, 6) is -1.04. The first-order chi connectivity index (χ1) is 10.9. The monoisotopic (exact) mass is 360 g/mol. The number of carbonyl (C=O) groups is 2. The van der Waals surface area contributed by atoms with Crippen LogP contribution in [0, 0.1) is 0 Å². The molecule has 0 aromatic heterocycles. The number of rotatable bonds is 7. The van der Waals surface area contributed by atoms with Crippen molar-refractivity contribution in [3.05, 3.63) is 39.9 Å². The topological polar surface area (TPSA) is 61.8 Å². The maximum Gasteiger partial charge on any atom is 0.351 e. The lowest BCUT2D eigenvalue weighted by atomic mass is 10.1. The third-order valence-corrected chi connectivity index (χ3v) is 3.39. The van der Waals surface area contributed by atoms with Gasteiger partial charge in [0.1, 0.15) is 5.75 Å². The zero-order chi connectivity index (χ0) is 17.4. The number of benzene rings is 1. The van der Waals surface area contributed by atoms with E-state index >= 15 is 0 Å². The maximum atomic E-state index is 11.9. The molecule has 0 bridgehead atoms. The van der Waals surface area contributed by atoms with Gasteiger partial charge in [0.2, 0.25) is 6.10 Å². The van der Waals surface area contributed by atoms with Crippen LogP contribution in [0.5, 0.6) is 5.75 Å². The number of esters is 2. The van der Waals surface area contributed by atoms with Gasteiger partial charge in [-0.05, 0) is 44.5 Å². The summed E-state index contributed by atoms with van der Waals surface area (Å²) < 4.78 is 15.3. The van der Waals surface area contributed by atoms with Crippen molar-refractivity contribution < 1.29 is 23.8 Å². The minimum absolute atomic E-state index is 0.195. The summed E-state index contributed by atoms with van der Waals surface area (Å²) in [7, 11) is 0. The number of halogens is 2. The average molecular weight is 361 g/mol. The van der Waals surface area contributed by atoms with Crippen LogP contribution >= 0.6 is 23.2 Å². The molecule has 0 fully saturated rings. The summed E-state index contributed by atoms with van der Waals surface area (Å²) >= 11 is 11.7. The second-order valence-corrected chi connectivity index (χ2v) is 5.36. The summed E-state index contributed by atoms with van der Waals surface area (Å²) in [5.41, 5.74) is 0.571. The third kappa shape index (κ3) is 6.12. The van der Waals surface area contributed by atoms with E-state index in [-0.39, 0.29) is 11.6 Å². The molecule has 1 atom stereocenters. The Hall–Kier alpha value is -1.72. The highest BCUT2D eigenvalue weighted by atomic mass is 35.5. The Morgan fingerprint density at radius 3 is 2.57 bits per heavy atom. The summed E-state index contributed by atoms with van der Waals surface area (Å²) in [6.45, 7) is 4.88. The summed E-state index contributed by atoms with van der Waals surface area (Å²) in [6, 6.07) is 4.62. The van der Waals surface area contributed by atoms with E-state index in [1.165, 1.54) is 12.1 Å². The molecule has 0 spiro atoms. The van der Waals surface area contributed by atoms with Crippen LogP contribution < -0.4 is 4.74 Å². The van der Waals surface area contributed by atoms with Crippen LogP contribution in [0.2, 0.25) is 10.0 Å². The quantitative estimate of drug-likeness (QED) is 0.546. The summed E-state index contributed by atoms with van der Waals surface area (Å²) in [6.07, 6.45) is 0.586. The van der Waals surface area contributed by atoms with E-state index in [1.807, 2.05) is 0 Å². The van der Waals surface area contributed by atoms with Crippen LogP contribution in [0.15, 0.2) is 29.8 Å². The predicted molar refractivity (Wildman–Crippen MR) is 87.9 cm³/mol. The fraction of sp³-hybridized carbons (Fsp3) is 0.375. The van der Waals surface area contributed by atoms with Gasteiger partial charge in [0, 0.05) is 5.02 Å². The molecule has 1 unspecified atom stereocenters. The fourth-order valence-corrected chi connectivity index (χ4v) is 2.05. The Balaban J connectivity index is 2.67. The molecule has 1 aromatic carbocycles. The van der Waals surface area contributed by atoms with Gasteiger partial charge in [-0.25, -0.2) is 9.59 Å². The largest absolute Gasteiger partial charge is 0.480 e. The van der Waals surface area contributed by atoms with Crippen molar-refractivity contribution in [2.24, 2.45) is 0 Å². The fourth-order valence-electron chi connectivity index (χ4n) is 1.59. The van der Waals surface area contributed by atoms with Crippen molar-refractivity contribution in [1.29, 1.82) is 0 Å². The SMILES string of the molecule is C/C=C(\C)C(OC(=O)COc1ccc(Cl)cc1Cl)C(=O)OCC. The molecule has 23 heavy (non-hydrogen) atoms. The molecule has 126 valence electrons. The highest BCUT2D eigenvalue weighted by molar-refractivity contribution is 6.35. The molecule has 1 aromatic rings. The van der Waals surface area contributed by atoms with Gasteiger partial charge in [-0.1, -0.05) is 29.3 Å². The van der Waals surface area contributed by atoms with Gasteiger partial charge < -0.3 is 14.2 Å². The first kappa shape index (κ1) is 19.3. The average Bonchev–Trinajstić information content (AvgIpc) is 2.51. The van der Waals surface area contributed by atoms with E-state index in [2.05, 4.69) is 0 Å². The Morgan fingerprint density at radius 2 is 2.00 bits per heavy atom. The highest BCUT2D eigenvalue weighted by Crippen LogP contribution is 2.27. The molecule has 1 rings (SSSR count). The van der Waals surface area contributed by atoms with Gasteiger partial charge in [0.25, 0.3) is 0 Å². The van der Waals surface area contributed by atoms with Crippen molar-refractivity contribution in [3.8, 4) is 5.75 Å². The molecule has 0 saturated heterocycles. The Labute approximate surface area is 145 Å². The Kier molecular flexibility index (Phi) is 7.92. The van der Waals surface area contributed by atoms with Gasteiger partial charge in [-0.15, -0.1) is 0 Å². The summed E-state index contributed by atoms with van der Waals surface area (Å²) in [5, 5.41) is 0.730. The van der Waals surface area contributed by atoms with Gasteiger partial charge in [-0.3, -0.25) is 0 Å². The number of ether oxygens (including phenoxy) is 3. The zero-order valence-corrected chi connectivity index (χ0v) is 14.6. The first-order valence-corrected chi connectivity index (χ1v) is 7.71. The first-order valence-electron chi connectivity index (χ1n) is 6.95. The lowest BCUT2D eigenvalue weighted by Crippen LogP contribution is -2.32. The van der Waals surface area contributed by atoms with E-state index in [9.17, 15) is 9.59 Å². The molecule has 0 radical (unpaired) electrons. The summed E-state index contributed by atoms with van der Waals surface area (Å²) in [4.78, 5) is 23.7. The van der Waals surface area contributed by atoms with Crippen molar-refractivity contribution >= 4 is 35.1 Å². The van der Waals surface area contributed by atoms with Gasteiger partial charge in [0.15, 0.2) is 6.61 Å². The van der Waals surface area contributed by atoms with E-state index in [0.29, 0.717) is 16.3 Å². The third-order valence-electron chi connectivity index (χ3n) is 2.86. The maximum absolute atomic E-state index is 11.9. The second kappa shape index (κ2) is 9.43. The number of allylic oxidation sites excluding steroid dienone is 1. The molecule has 0 heterocycles. The van der Waals surface area contributed by atoms with Crippen LogP contribution in [-0.4, -0.2) is 31.3 Å². The van der Waals surface area contributed by atoms with Crippen LogP contribution in [-0.2, 0) is 19.1 Å². The van der Waals surface area contributed by atoms with Gasteiger partial charge in [0.05, 0.1) is 11.6 Å². The predicted octanol–water partition coefficient (Wildman–Crippen LogP) is 3.81. The van der Waals surface area contributed by atoms with Crippen LogP contribution in [0.4, 0.5) is 0 Å². The molecular formula is C16H18Cl2O5. The molecule has 5 nitrogen and oxygen atoms in total. The molecular weight excluding hydrogens is 343 g/mol.